The second-order valence-electron chi connectivity index (χ2n) is 3.80. The SMILES string of the molecule is Nc1ccccc1Cc1nnc2cnccn12. The summed E-state index contributed by atoms with van der Waals surface area (Å²) in [5, 5.41) is 8.20. The third-order valence-electron chi connectivity index (χ3n) is 2.69. The van der Waals surface area contributed by atoms with Crippen LogP contribution in [0.5, 0.6) is 0 Å². The average molecular weight is 225 g/mol. The van der Waals surface area contributed by atoms with E-state index in [0.717, 1.165) is 22.7 Å². The van der Waals surface area contributed by atoms with Gasteiger partial charge >= 0.3 is 0 Å². The molecule has 2 N–H and O–H groups in total. The Morgan fingerprint density at radius 3 is 2.94 bits per heavy atom. The molecule has 0 unspecified atom stereocenters. The zero-order valence-electron chi connectivity index (χ0n) is 9.11. The van der Waals surface area contributed by atoms with Gasteiger partial charge in [0.05, 0.1) is 6.20 Å². The topological polar surface area (TPSA) is 69.1 Å². The fraction of sp³-hybridized carbons (Fsp3) is 0.0833. The Balaban J connectivity index is 2.03. The molecule has 5 nitrogen and oxygen atoms in total. The van der Waals surface area contributed by atoms with Crippen LogP contribution in [0.4, 0.5) is 5.69 Å². The Labute approximate surface area is 97.9 Å². The Morgan fingerprint density at radius 1 is 1.18 bits per heavy atom. The van der Waals surface area contributed by atoms with Crippen LogP contribution in [0.15, 0.2) is 42.9 Å². The number of para-hydroxylation sites is 1. The van der Waals surface area contributed by atoms with Crippen molar-refractivity contribution >= 4 is 11.3 Å². The first-order valence-electron chi connectivity index (χ1n) is 5.31. The van der Waals surface area contributed by atoms with E-state index in [1.54, 1.807) is 12.4 Å². The van der Waals surface area contributed by atoms with E-state index in [9.17, 15) is 0 Å². The molecular weight excluding hydrogens is 214 g/mol. The molecule has 0 aliphatic heterocycles. The lowest BCUT2D eigenvalue weighted by Crippen LogP contribution is -1.99. The van der Waals surface area contributed by atoms with Crippen molar-refractivity contribution in [2.75, 3.05) is 5.73 Å². The second-order valence-corrected chi connectivity index (χ2v) is 3.80. The number of fused-ring (bicyclic) bond motifs is 1. The van der Waals surface area contributed by atoms with E-state index in [1.807, 2.05) is 34.9 Å². The molecule has 84 valence electrons. The fourth-order valence-corrected chi connectivity index (χ4v) is 1.79. The predicted octanol–water partition coefficient (Wildman–Crippen LogP) is 1.30. The molecular formula is C12H11N5. The van der Waals surface area contributed by atoms with Gasteiger partial charge in [0, 0.05) is 24.5 Å². The van der Waals surface area contributed by atoms with Crippen LogP contribution in [-0.2, 0) is 6.42 Å². The molecule has 0 bridgehead atoms. The highest BCUT2D eigenvalue weighted by atomic mass is 15.2. The van der Waals surface area contributed by atoms with Crippen LogP contribution < -0.4 is 5.73 Å². The van der Waals surface area contributed by atoms with Crippen LogP contribution in [0.25, 0.3) is 5.65 Å². The van der Waals surface area contributed by atoms with Gasteiger partial charge in [0.1, 0.15) is 5.82 Å². The highest BCUT2D eigenvalue weighted by Crippen LogP contribution is 2.15. The van der Waals surface area contributed by atoms with Crippen molar-refractivity contribution in [3.05, 3.63) is 54.2 Å². The van der Waals surface area contributed by atoms with Gasteiger partial charge in [-0.2, -0.15) is 0 Å². The largest absolute Gasteiger partial charge is 0.398 e. The van der Waals surface area contributed by atoms with Crippen LogP contribution in [0.1, 0.15) is 11.4 Å². The molecule has 0 amide bonds. The molecule has 0 atom stereocenters. The molecule has 0 saturated heterocycles. The zero-order chi connectivity index (χ0) is 11.7. The molecule has 3 rings (SSSR count). The summed E-state index contributed by atoms with van der Waals surface area (Å²) in [6.45, 7) is 0. The highest BCUT2D eigenvalue weighted by molar-refractivity contribution is 5.48. The Hall–Kier alpha value is -2.43. The molecule has 0 aliphatic carbocycles. The zero-order valence-corrected chi connectivity index (χ0v) is 9.11. The molecule has 17 heavy (non-hydrogen) atoms. The van der Waals surface area contributed by atoms with E-state index in [4.69, 9.17) is 5.73 Å². The standard InChI is InChI=1S/C12H11N5/c13-10-4-2-1-3-9(10)7-11-15-16-12-8-14-5-6-17(11)12/h1-6,8H,7,13H2. The summed E-state index contributed by atoms with van der Waals surface area (Å²) >= 11 is 0. The number of nitrogens with zero attached hydrogens (tertiary/aromatic N) is 4. The summed E-state index contributed by atoms with van der Waals surface area (Å²) in [4.78, 5) is 4.00. The Bertz CT molecular complexity index is 659. The summed E-state index contributed by atoms with van der Waals surface area (Å²) in [5.41, 5.74) is 8.49. The van der Waals surface area contributed by atoms with Gasteiger partial charge in [0.2, 0.25) is 0 Å². The first-order chi connectivity index (χ1) is 8.34. The quantitative estimate of drug-likeness (QED) is 0.667. The number of nitrogens with two attached hydrogens (primary N) is 1. The molecule has 0 saturated carbocycles. The highest BCUT2D eigenvalue weighted by Gasteiger charge is 2.07. The maximum atomic E-state index is 5.91. The molecule has 5 heteroatoms. The van der Waals surface area contributed by atoms with E-state index < -0.39 is 0 Å². The minimum Gasteiger partial charge on any atom is -0.398 e. The van der Waals surface area contributed by atoms with E-state index in [2.05, 4.69) is 15.2 Å². The van der Waals surface area contributed by atoms with Gasteiger partial charge in [-0.3, -0.25) is 9.38 Å². The summed E-state index contributed by atoms with van der Waals surface area (Å²) in [6.07, 6.45) is 5.92. The average Bonchev–Trinajstić information content (AvgIpc) is 2.76. The fourth-order valence-electron chi connectivity index (χ4n) is 1.79. The van der Waals surface area contributed by atoms with Crippen molar-refractivity contribution in [1.29, 1.82) is 0 Å². The Morgan fingerprint density at radius 2 is 2.06 bits per heavy atom. The van der Waals surface area contributed by atoms with Gasteiger partial charge in [0.25, 0.3) is 0 Å². The van der Waals surface area contributed by atoms with Gasteiger partial charge in [-0.1, -0.05) is 18.2 Å². The number of rotatable bonds is 2. The number of benzene rings is 1. The number of aromatic nitrogens is 4. The summed E-state index contributed by atoms with van der Waals surface area (Å²) < 4.78 is 1.92. The van der Waals surface area contributed by atoms with Crippen molar-refractivity contribution in [1.82, 2.24) is 19.6 Å². The first kappa shape index (κ1) is 9.77. The third-order valence-corrected chi connectivity index (χ3v) is 2.69. The lowest BCUT2D eigenvalue weighted by Gasteiger charge is -2.03. The van der Waals surface area contributed by atoms with Gasteiger partial charge in [-0.25, -0.2) is 0 Å². The van der Waals surface area contributed by atoms with Crippen LogP contribution >= 0.6 is 0 Å². The third kappa shape index (κ3) is 1.71. The molecule has 0 radical (unpaired) electrons. The summed E-state index contributed by atoms with van der Waals surface area (Å²) in [6, 6.07) is 7.78. The number of hydrogen-bond acceptors (Lipinski definition) is 4. The molecule has 0 fully saturated rings. The lowest BCUT2D eigenvalue weighted by atomic mass is 10.1. The van der Waals surface area contributed by atoms with E-state index >= 15 is 0 Å². The second kappa shape index (κ2) is 3.86. The number of anilines is 1. The summed E-state index contributed by atoms with van der Waals surface area (Å²) in [5.74, 6) is 0.861. The van der Waals surface area contributed by atoms with Crippen molar-refractivity contribution in [3.8, 4) is 0 Å². The normalized spacial score (nSPS) is 10.8. The van der Waals surface area contributed by atoms with Crippen LogP contribution in [0.2, 0.25) is 0 Å². The van der Waals surface area contributed by atoms with Gasteiger partial charge < -0.3 is 5.73 Å². The van der Waals surface area contributed by atoms with Crippen LogP contribution in [-0.4, -0.2) is 19.6 Å². The molecule has 3 aromatic rings. The lowest BCUT2D eigenvalue weighted by molar-refractivity contribution is 0.932. The molecule has 2 heterocycles. The van der Waals surface area contributed by atoms with Crippen molar-refractivity contribution in [2.45, 2.75) is 6.42 Å². The minimum atomic E-state index is 0.665. The summed E-state index contributed by atoms with van der Waals surface area (Å²) in [7, 11) is 0. The van der Waals surface area contributed by atoms with Crippen LogP contribution in [0.3, 0.4) is 0 Å². The molecule has 2 aromatic heterocycles. The van der Waals surface area contributed by atoms with Gasteiger partial charge in [0.15, 0.2) is 5.65 Å². The van der Waals surface area contributed by atoms with Gasteiger partial charge in [-0.05, 0) is 11.6 Å². The minimum absolute atomic E-state index is 0.665. The van der Waals surface area contributed by atoms with E-state index in [0.29, 0.717) is 6.42 Å². The van der Waals surface area contributed by atoms with Crippen molar-refractivity contribution in [2.24, 2.45) is 0 Å². The maximum Gasteiger partial charge on any atom is 0.179 e. The van der Waals surface area contributed by atoms with Gasteiger partial charge in [-0.15, -0.1) is 10.2 Å². The number of hydrogen-bond donors (Lipinski definition) is 1. The predicted molar refractivity (Wildman–Crippen MR) is 64.4 cm³/mol. The smallest absolute Gasteiger partial charge is 0.179 e. The van der Waals surface area contributed by atoms with E-state index in [-0.39, 0.29) is 0 Å². The first-order valence-corrected chi connectivity index (χ1v) is 5.31. The monoisotopic (exact) mass is 225 g/mol. The van der Waals surface area contributed by atoms with Crippen molar-refractivity contribution in [3.63, 3.8) is 0 Å². The molecule has 0 spiro atoms. The van der Waals surface area contributed by atoms with Crippen molar-refractivity contribution < 1.29 is 0 Å². The molecule has 1 aromatic carbocycles. The maximum absolute atomic E-state index is 5.91. The number of nitrogen functional groups attached to an aromatic ring is 1. The van der Waals surface area contributed by atoms with E-state index in [1.165, 1.54) is 0 Å². The Kier molecular flexibility index (Phi) is 2.22. The molecule has 0 aliphatic rings. The van der Waals surface area contributed by atoms with Crippen LogP contribution in [0, 0.1) is 0 Å².